The average Bonchev–Trinajstić information content (AvgIpc) is 3.95. The van der Waals surface area contributed by atoms with Crippen molar-refractivity contribution in [1.82, 2.24) is 19.9 Å². The Labute approximate surface area is 361 Å². The van der Waals surface area contributed by atoms with Gasteiger partial charge in [-0.2, -0.15) is 0 Å². The molecule has 0 aliphatic carbocycles. The van der Waals surface area contributed by atoms with E-state index in [0.717, 1.165) is 10.4 Å². The van der Waals surface area contributed by atoms with E-state index in [1.807, 2.05) is 84.9 Å². The van der Waals surface area contributed by atoms with E-state index >= 15 is 4.79 Å². The predicted octanol–water partition coefficient (Wildman–Crippen LogP) is 5.39. The number of fused-ring (bicyclic) bond motifs is 4. The molecule has 0 bridgehead atoms. The molecule has 3 aliphatic rings. The van der Waals surface area contributed by atoms with Gasteiger partial charge in [0, 0.05) is 12.7 Å². The predicted molar refractivity (Wildman–Crippen MR) is 226 cm³/mol. The standard InChI is InChI=1S/C48H41N5O10/c1-60-27-28-62-47(59)52-37-23-18-30(11-10-24-51-38-17-9-8-16-36(38)49-50-51)29-35(37)48(46(52)58)39(44(55)56)41-45(57)63-42(32-14-6-3-7-15-32)40(31-12-4-2-5-13-31)53(41)43(48)33-19-21-34(22-20-33)61-26-25-54/h2-9,12-23,29,39-43,54H,24-28H2,1H3,(H,55,56). The number of amides is 2. The van der Waals surface area contributed by atoms with Crippen LogP contribution in [0.2, 0.25) is 0 Å². The summed E-state index contributed by atoms with van der Waals surface area (Å²) in [5, 5.41) is 29.5. The van der Waals surface area contributed by atoms with Gasteiger partial charge in [-0.05, 0) is 64.7 Å². The lowest BCUT2D eigenvalue weighted by Gasteiger charge is -2.46. The first-order chi connectivity index (χ1) is 30.8. The number of carboxylic acid groups (broad SMARTS) is 1. The van der Waals surface area contributed by atoms with Crippen molar-refractivity contribution in [2.45, 2.75) is 36.2 Å². The number of hydrogen-bond donors (Lipinski definition) is 2. The van der Waals surface area contributed by atoms with Gasteiger partial charge in [-0.25, -0.2) is 14.4 Å². The number of aliphatic hydroxyl groups excluding tert-OH is 1. The van der Waals surface area contributed by atoms with Crippen molar-refractivity contribution in [2.24, 2.45) is 5.92 Å². The van der Waals surface area contributed by atoms with Crippen LogP contribution < -0.4 is 9.64 Å². The fourth-order valence-electron chi connectivity index (χ4n) is 9.38. The number of morpholine rings is 1. The van der Waals surface area contributed by atoms with Crippen LogP contribution in [0.3, 0.4) is 0 Å². The number of aliphatic hydroxyl groups is 1. The summed E-state index contributed by atoms with van der Waals surface area (Å²) < 4.78 is 24.4. The fourth-order valence-corrected chi connectivity index (χ4v) is 9.38. The summed E-state index contributed by atoms with van der Waals surface area (Å²) in [6, 6.07) is 33.8. The van der Waals surface area contributed by atoms with Gasteiger partial charge in [-0.3, -0.25) is 19.3 Å². The first-order valence-corrected chi connectivity index (χ1v) is 20.3. The number of carboxylic acids is 1. The van der Waals surface area contributed by atoms with Crippen LogP contribution in [0.15, 0.2) is 127 Å². The third-order valence-electron chi connectivity index (χ3n) is 11.9. The lowest BCUT2D eigenvalue weighted by Crippen LogP contribution is -2.53. The summed E-state index contributed by atoms with van der Waals surface area (Å²) in [5.74, 6) is 1.68. The molecule has 1 spiro atoms. The molecule has 9 rings (SSSR count). The molecule has 2 amide bonds. The number of anilines is 1. The average molecular weight is 848 g/mol. The third kappa shape index (κ3) is 7.04. The van der Waals surface area contributed by atoms with E-state index in [9.17, 15) is 24.6 Å². The maximum absolute atomic E-state index is 15.9. The molecule has 1 aromatic heterocycles. The molecule has 5 aromatic carbocycles. The zero-order valence-corrected chi connectivity index (χ0v) is 33.9. The van der Waals surface area contributed by atoms with E-state index in [0.29, 0.717) is 33.5 Å². The van der Waals surface area contributed by atoms with Gasteiger partial charge in [0.2, 0.25) is 5.91 Å². The Balaban J connectivity index is 1.29. The number of imide groups is 1. The zero-order chi connectivity index (χ0) is 43.7. The minimum absolute atomic E-state index is 0.0195. The summed E-state index contributed by atoms with van der Waals surface area (Å²) in [7, 11) is 1.44. The number of carbonyl (C=O) groups is 4. The molecule has 2 saturated heterocycles. The van der Waals surface area contributed by atoms with Crippen LogP contribution in [0.1, 0.15) is 46.0 Å². The quantitative estimate of drug-likeness (QED) is 0.0964. The number of ether oxygens (including phenoxy) is 4. The molecule has 0 saturated carbocycles. The zero-order valence-electron chi connectivity index (χ0n) is 33.9. The molecular formula is C48H41N5O10. The van der Waals surface area contributed by atoms with Crippen LogP contribution in [0.25, 0.3) is 11.0 Å². The van der Waals surface area contributed by atoms with Crippen molar-refractivity contribution in [2.75, 3.05) is 38.4 Å². The number of nitrogens with zero attached hydrogens (tertiary/aromatic N) is 5. The highest BCUT2D eigenvalue weighted by Gasteiger charge is 2.76. The summed E-state index contributed by atoms with van der Waals surface area (Å²) in [6.45, 7) is -0.211. The van der Waals surface area contributed by atoms with Crippen molar-refractivity contribution in [3.63, 3.8) is 0 Å². The monoisotopic (exact) mass is 847 g/mol. The first kappa shape index (κ1) is 41.0. The molecule has 6 atom stereocenters. The van der Waals surface area contributed by atoms with Gasteiger partial charge in [-0.15, -0.1) is 5.10 Å². The molecule has 4 heterocycles. The van der Waals surface area contributed by atoms with Gasteiger partial charge < -0.3 is 29.2 Å². The van der Waals surface area contributed by atoms with Crippen LogP contribution in [0, 0.1) is 17.8 Å². The molecule has 6 aromatic rings. The van der Waals surface area contributed by atoms with Gasteiger partial charge in [0.1, 0.15) is 54.5 Å². The molecule has 318 valence electrons. The van der Waals surface area contributed by atoms with Crippen molar-refractivity contribution >= 4 is 40.7 Å². The van der Waals surface area contributed by atoms with Gasteiger partial charge in [0.25, 0.3) is 0 Å². The number of esters is 1. The topological polar surface area (TPSA) is 183 Å². The number of aromatic nitrogens is 3. The molecule has 6 unspecified atom stereocenters. The van der Waals surface area contributed by atoms with Crippen LogP contribution >= 0.6 is 0 Å². The number of hydrogen-bond acceptors (Lipinski definition) is 12. The maximum Gasteiger partial charge on any atom is 0.421 e. The summed E-state index contributed by atoms with van der Waals surface area (Å²) in [6.07, 6.45) is -2.00. The molecule has 15 heteroatoms. The Hall–Kier alpha value is -7.38. The number of methoxy groups -OCH3 is 1. The molecule has 2 fully saturated rings. The molecule has 15 nitrogen and oxygen atoms in total. The molecule has 0 radical (unpaired) electrons. The van der Waals surface area contributed by atoms with E-state index in [1.165, 1.54) is 7.11 Å². The van der Waals surface area contributed by atoms with Crippen LogP contribution in [0.5, 0.6) is 5.75 Å². The Morgan fingerprint density at radius 3 is 2.25 bits per heavy atom. The van der Waals surface area contributed by atoms with Gasteiger partial charge in [-0.1, -0.05) is 102 Å². The third-order valence-corrected chi connectivity index (χ3v) is 11.9. The smallest absolute Gasteiger partial charge is 0.421 e. The number of para-hydroxylation sites is 1. The Bertz CT molecular complexity index is 2750. The van der Waals surface area contributed by atoms with Crippen molar-refractivity contribution in [1.29, 1.82) is 0 Å². The number of aliphatic carboxylic acids is 1. The number of rotatable bonds is 11. The van der Waals surface area contributed by atoms with E-state index in [2.05, 4.69) is 22.2 Å². The van der Waals surface area contributed by atoms with Crippen LogP contribution in [0.4, 0.5) is 10.5 Å². The van der Waals surface area contributed by atoms with Crippen LogP contribution in [-0.4, -0.2) is 93.6 Å². The van der Waals surface area contributed by atoms with Gasteiger partial charge in [0.05, 0.1) is 36.5 Å². The van der Waals surface area contributed by atoms with Crippen molar-refractivity contribution < 1.29 is 48.3 Å². The largest absolute Gasteiger partial charge is 0.491 e. The second-order valence-electron chi connectivity index (χ2n) is 15.3. The summed E-state index contributed by atoms with van der Waals surface area (Å²) >= 11 is 0. The highest BCUT2D eigenvalue weighted by atomic mass is 16.6. The normalized spacial score (nSPS) is 22.6. The first-order valence-electron chi connectivity index (χ1n) is 20.3. The SMILES string of the molecule is COCCOC(=O)N1C(=O)C2(c3cc(C#CCn4nnc5ccccc54)ccc31)C(C(=O)O)C1C(=O)OC(c3ccccc3)C(c3ccccc3)N1C2c1ccc(OCCO)cc1. The molecule has 2 N–H and O–H groups in total. The van der Waals surface area contributed by atoms with Crippen molar-refractivity contribution in [3.05, 3.63) is 155 Å². The Kier molecular flexibility index (Phi) is 11.2. The highest BCUT2D eigenvalue weighted by Crippen LogP contribution is 2.66. The Morgan fingerprint density at radius 2 is 1.54 bits per heavy atom. The maximum atomic E-state index is 15.9. The number of benzene rings is 5. The highest BCUT2D eigenvalue weighted by molar-refractivity contribution is 6.23. The van der Waals surface area contributed by atoms with Crippen molar-refractivity contribution in [3.8, 4) is 17.6 Å². The van der Waals surface area contributed by atoms with Gasteiger partial charge in [0.15, 0.2) is 0 Å². The van der Waals surface area contributed by atoms with E-state index in [-0.39, 0.29) is 44.2 Å². The van der Waals surface area contributed by atoms with Crippen LogP contribution in [-0.2, 0) is 40.6 Å². The second kappa shape index (κ2) is 17.2. The summed E-state index contributed by atoms with van der Waals surface area (Å²) in [5.41, 5.74) is 1.76. The number of cyclic esters (lactones) is 1. The lowest BCUT2D eigenvalue weighted by molar-refractivity contribution is -0.179. The molecular weight excluding hydrogens is 807 g/mol. The molecule has 3 aliphatic heterocycles. The Morgan fingerprint density at radius 1 is 0.825 bits per heavy atom. The second-order valence-corrected chi connectivity index (χ2v) is 15.3. The lowest BCUT2D eigenvalue weighted by atomic mass is 9.65. The molecule has 63 heavy (non-hydrogen) atoms. The minimum atomic E-state index is -2.17. The van der Waals surface area contributed by atoms with E-state index in [4.69, 9.17) is 18.9 Å². The van der Waals surface area contributed by atoms with E-state index < -0.39 is 59.5 Å². The van der Waals surface area contributed by atoms with Gasteiger partial charge >= 0.3 is 18.0 Å². The van der Waals surface area contributed by atoms with E-state index in [1.54, 1.807) is 52.0 Å². The minimum Gasteiger partial charge on any atom is -0.491 e. The number of carbonyl (C=O) groups excluding carboxylic acids is 3. The summed E-state index contributed by atoms with van der Waals surface area (Å²) in [4.78, 5) is 61.7. The fraction of sp³-hybridized carbons (Fsp3) is 0.250.